The summed E-state index contributed by atoms with van der Waals surface area (Å²) in [4.78, 5) is 21.3. The van der Waals surface area contributed by atoms with E-state index in [0.717, 1.165) is 22.7 Å². The number of aromatic nitrogens is 2. The van der Waals surface area contributed by atoms with Gasteiger partial charge in [0.2, 0.25) is 0 Å². The molecule has 28 heavy (non-hydrogen) atoms. The van der Waals surface area contributed by atoms with Gasteiger partial charge in [-0.05, 0) is 47.8 Å². The Morgan fingerprint density at radius 3 is 2.43 bits per heavy atom. The van der Waals surface area contributed by atoms with Gasteiger partial charge in [0.05, 0.1) is 17.9 Å². The Morgan fingerprint density at radius 1 is 0.929 bits per heavy atom. The molecule has 0 aliphatic carbocycles. The van der Waals surface area contributed by atoms with E-state index in [1.807, 2.05) is 47.2 Å². The maximum Gasteiger partial charge on any atom is 0.251 e. The molecule has 0 aliphatic heterocycles. The predicted octanol–water partition coefficient (Wildman–Crippen LogP) is 4.93. The van der Waals surface area contributed by atoms with Crippen LogP contribution in [0.3, 0.4) is 0 Å². The van der Waals surface area contributed by atoms with E-state index in [1.54, 1.807) is 48.0 Å². The number of nitrogens with zero attached hydrogens (tertiary/aromatic N) is 2. The number of benzene rings is 2. The van der Waals surface area contributed by atoms with Gasteiger partial charge in [0.25, 0.3) is 5.91 Å². The Balaban J connectivity index is 1.41. The lowest BCUT2D eigenvalue weighted by Gasteiger charge is -2.09. The lowest BCUT2D eigenvalue weighted by Crippen LogP contribution is -2.23. The maximum atomic E-state index is 12.5. The quantitative estimate of drug-likeness (QED) is 0.510. The van der Waals surface area contributed by atoms with Crippen LogP contribution in [0.2, 0.25) is 0 Å². The molecule has 5 nitrogen and oxygen atoms in total. The Morgan fingerprint density at radius 2 is 1.68 bits per heavy atom. The minimum absolute atomic E-state index is 0.173. The smallest absolute Gasteiger partial charge is 0.251 e. The summed E-state index contributed by atoms with van der Waals surface area (Å²) in [6, 6.07) is 18.5. The Hall–Kier alpha value is -3.51. The van der Waals surface area contributed by atoms with Crippen molar-refractivity contribution in [3.05, 3.63) is 95.1 Å². The molecule has 0 saturated heterocycles. The average Bonchev–Trinajstić information content (AvgIpc) is 3.28. The molecule has 4 aromatic rings. The average molecular weight is 387 g/mol. The number of ether oxygens (including phenoxy) is 1. The van der Waals surface area contributed by atoms with Crippen LogP contribution in [0.1, 0.15) is 16.1 Å². The van der Waals surface area contributed by atoms with E-state index in [2.05, 4.69) is 15.3 Å². The van der Waals surface area contributed by atoms with Crippen LogP contribution in [0, 0.1) is 0 Å². The second-order valence-corrected chi connectivity index (χ2v) is 6.77. The van der Waals surface area contributed by atoms with E-state index in [1.165, 1.54) is 0 Å². The summed E-state index contributed by atoms with van der Waals surface area (Å²) in [5.41, 5.74) is 3.08. The van der Waals surface area contributed by atoms with Gasteiger partial charge in [-0.15, -0.1) is 0 Å². The fourth-order valence-corrected chi connectivity index (χ4v) is 3.34. The van der Waals surface area contributed by atoms with Crippen molar-refractivity contribution in [1.29, 1.82) is 0 Å². The number of thiophene rings is 1. The van der Waals surface area contributed by atoms with Gasteiger partial charge in [-0.3, -0.25) is 14.8 Å². The summed E-state index contributed by atoms with van der Waals surface area (Å²) < 4.78 is 5.75. The predicted molar refractivity (Wildman–Crippen MR) is 109 cm³/mol. The van der Waals surface area contributed by atoms with Gasteiger partial charge in [0, 0.05) is 28.9 Å². The van der Waals surface area contributed by atoms with Crippen molar-refractivity contribution in [3.63, 3.8) is 0 Å². The number of carbonyl (C=O) groups excluding carboxylic acids is 1. The molecular weight excluding hydrogens is 370 g/mol. The highest BCUT2D eigenvalue weighted by molar-refractivity contribution is 7.08. The first-order valence-electron chi connectivity index (χ1n) is 8.73. The molecule has 0 unspecified atom stereocenters. The van der Waals surface area contributed by atoms with Gasteiger partial charge in [-0.1, -0.05) is 18.2 Å². The minimum Gasteiger partial charge on any atom is -0.457 e. The molecule has 6 heteroatoms. The molecule has 0 aliphatic rings. The van der Waals surface area contributed by atoms with Crippen LogP contribution >= 0.6 is 11.3 Å². The minimum atomic E-state index is -0.173. The topological polar surface area (TPSA) is 64.1 Å². The lowest BCUT2D eigenvalue weighted by molar-refractivity contribution is 0.0950. The third kappa shape index (κ3) is 4.24. The number of para-hydroxylation sites is 1. The van der Waals surface area contributed by atoms with Crippen molar-refractivity contribution in [3.8, 4) is 22.8 Å². The molecule has 1 amide bonds. The number of amides is 1. The first-order valence-corrected chi connectivity index (χ1v) is 9.67. The second-order valence-electron chi connectivity index (χ2n) is 5.99. The number of nitrogens with one attached hydrogen (secondary N) is 1. The lowest BCUT2D eigenvalue weighted by atomic mass is 10.1. The zero-order chi connectivity index (χ0) is 19.2. The largest absolute Gasteiger partial charge is 0.457 e. The highest BCUT2D eigenvalue weighted by atomic mass is 32.1. The molecule has 0 spiro atoms. The molecule has 2 aromatic carbocycles. The maximum absolute atomic E-state index is 12.5. The van der Waals surface area contributed by atoms with E-state index in [-0.39, 0.29) is 5.91 Å². The van der Waals surface area contributed by atoms with E-state index in [0.29, 0.717) is 17.9 Å². The number of rotatable bonds is 6. The number of hydrogen-bond donors (Lipinski definition) is 1. The summed E-state index contributed by atoms with van der Waals surface area (Å²) in [5.74, 6) is 1.26. The van der Waals surface area contributed by atoms with Crippen molar-refractivity contribution in [2.24, 2.45) is 0 Å². The SMILES string of the molecule is O=C(NCc1nccnc1-c1ccsc1)c1ccc(Oc2ccccc2)cc1. The van der Waals surface area contributed by atoms with E-state index in [4.69, 9.17) is 4.74 Å². The Labute approximate surface area is 166 Å². The zero-order valence-corrected chi connectivity index (χ0v) is 15.7. The summed E-state index contributed by atoms with van der Waals surface area (Å²) >= 11 is 1.60. The van der Waals surface area contributed by atoms with Crippen LogP contribution in [-0.2, 0) is 6.54 Å². The zero-order valence-electron chi connectivity index (χ0n) is 14.9. The van der Waals surface area contributed by atoms with Gasteiger partial charge in [0.1, 0.15) is 11.5 Å². The fourth-order valence-electron chi connectivity index (χ4n) is 2.70. The molecule has 0 radical (unpaired) electrons. The van der Waals surface area contributed by atoms with E-state index in [9.17, 15) is 4.79 Å². The molecule has 4 rings (SSSR count). The van der Waals surface area contributed by atoms with Crippen molar-refractivity contribution < 1.29 is 9.53 Å². The van der Waals surface area contributed by atoms with E-state index < -0.39 is 0 Å². The van der Waals surface area contributed by atoms with Crippen LogP contribution in [0.25, 0.3) is 11.3 Å². The van der Waals surface area contributed by atoms with Crippen molar-refractivity contribution in [2.45, 2.75) is 6.54 Å². The molecule has 0 saturated carbocycles. The molecule has 138 valence electrons. The molecular formula is C22H17N3O2S. The normalized spacial score (nSPS) is 10.4. The van der Waals surface area contributed by atoms with Crippen LogP contribution in [0.4, 0.5) is 0 Å². The van der Waals surface area contributed by atoms with Gasteiger partial charge >= 0.3 is 0 Å². The van der Waals surface area contributed by atoms with E-state index >= 15 is 0 Å². The third-order valence-electron chi connectivity index (χ3n) is 4.08. The van der Waals surface area contributed by atoms with Crippen LogP contribution in [-0.4, -0.2) is 15.9 Å². The first-order chi connectivity index (χ1) is 13.8. The summed E-state index contributed by atoms with van der Waals surface area (Å²) in [6.45, 7) is 0.306. The second kappa shape index (κ2) is 8.45. The number of hydrogen-bond acceptors (Lipinski definition) is 5. The third-order valence-corrected chi connectivity index (χ3v) is 4.76. The molecule has 0 bridgehead atoms. The standard InChI is InChI=1S/C22H17N3O2S/c26-22(16-6-8-19(9-7-16)27-18-4-2-1-3-5-18)25-14-20-21(24-12-11-23-20)17-10-13-28-15-17/h1-13,15H,14H2,(H,25,26). The highest BCUT2D eigenvalue weighted by Crippen LogP contribution is 2.23. The molecule has 0 fully saturated rings. The molecule has 1 N–H and O–H groups in total. The molecule has 0 atom stereocenters. The highest BCUT2D eigenvalue weighted by Gasteiger charge is 2.11. The van der Waals surface area contributed by atoms with Crippen LogP contribution < -0.4 is 10.1 Å². The molecule has 2 aromatic heterocycles. The monoisotopic (exact) mass is 387 g/mol. The summed E-state index contributed by atoms with van der Waals surface area (Å²) in [7, 11) is 0. The van der Waals surface area contributed by atoms with Crippen LogP contribution in [0.15, 0.2) is 83.8 Å². The van der Waals surface area contributed by atoms with Gasteiger partial charge in [0.15, 0.2) is 0 Å². The molecule has 2 heterocycles. The van der Waals surface area contributed by atoms with Crippen molar-refractivity contribution in [2.75, 3.05) is 0 Å². The van der Waals surface area contributed by atoms with Gasteiger partial charge < -0.3 is 10.1 Å². The summed E-state index contributed by atoms with van der Waals surface area (Å²) in [6.07, 6.45) is 3.29. The van der Waals surface area contributed by atoms with Gasteiger partial charge in [-0.25, -0.2) is 0 Å². The Bertz CT molecular complexity index is 1050. The number of carbonyl (C=O) groups is 1. The van der Waals surface area contributed by atoms with Gasteiger partial charge in [-0.2, -0.15) is 11.3 Å². The Kier molecular flexibility index (Phi) is 5.40. The van der Waals surface area contributed by atoms with Crippen molar-refractivity contribution in [1.82, 2.24) is 15.3 Å². The summed E-state index contributed by atoms with van der Waals surface area (Å²) in [5, 5.41) is 6.91. The van der Waals surface area contributed by atoms with Crippen LogP contribution in [0.5, 0.6) is 11.5 Å². The van der Waals surface area contributed by atoms with Crippen molar-refractivity contribution >= 4 is 17.2 Å². The first kappa shape index (κ1) is 17.9. The fraction of sp³-hybridized carbons (Fsp3) is 0.0455.